The largest absolute Gasteiger partial charge is 0.446 e. The number of para-hydroxylation sites is 1. The molecule has 0 aliphatic heterocycles. The van der Waals surface area contributed by atoms with Gasteiger partial charge in [0, 0.05) is 23.1 Å². The summed E-state index contributed by atoms with van der Waals surface area (Å²) in [6, 6.07) is 10.3. The van der Waals surface area contributed by atoms with Crippen molar-refractivity contribution in [1.29, 1.82) is 0 Å². The van der Waals surface area contributed by atoms with E-state index in [1.54, 1.807) is 13.0 Å². The number of rotatable bonds is 4. The van der Waals surface area contributed by atoms with Crippen molar-refractivity contribution in [2.24, 2.45) is 0 Å². The van der Waals surface area contributed by atoms with Crippen molar-refractivity contribution in [1.82, 2.24) is 0 Å². The number of thioether (sulfide) groups is 1. The predicted octanol–water partition coefficient (Wildman–Crippen LogP) is 4.82. The molecule has 2 aromatic carbocycles. The highest BCUT2D eigenvalue weighted by atomic mass is 32.2. The monoisotopic (exact) mass is 368 g/mol. The van der Waals surface area contributed by atoms with Crippen molar-refractivity contribution in [3.8, 4) is 0 Å². The molecule has 132 valence electrons. The molecule has 0 aliphatic rings. The Morgan fingerprint density at radius 1 is 1.00 bits per heavy atom. The molecule has 0 aliphatic carbocycles. The number of carbonyl (C=O) groups is 2. The minimum absolute atomic E-state index is 0.0662. The molecule has 0 bridgehead atoms. The van der Waals surface area contributed by atoms with Crippen molar-refractivity contribution in [2.75, 3.05) is 10.6 Å². The number of hydrogen-bond donors (Lipinski definition) is 2. The molecule has 2 aromatic rings. The van der Waals surface area contributed by atoms with Gasteiger partial charge < -0.3 is 10.6 Å². The standard InChI is InChI=1S/C17H15F3N2O2S/c1-10-7-8-12(9-14(10)21-11(2)23)16(24)22-13-5-3-4-6-15(13)25-17(18,19)20/h3-9H,1-2H3,(H,21,23)(H,22,24). The smallest absolute Gasteiger partial charge is 0.326 e. The van der Waals surface area contributed by atoms with Crippen molar-refractivity contribution < 1.29 is 22.8 Å². The maximum atomic E-state index is 12.6. The van der Waals surface area contributed by atoms with E-state index in [9.17, 15) is 22.8 Å². The molecule has 0 atom stereocenters. The van der Waals surface area contributed by atoms with E-state index in [4.69, 9.17) is 0 Å². The molecule has 0 saturated carbocycles. The second kappa shape index (κ2) is 7.60. The molecule has 0 aromatic heterocycles. The summed E-state index contributed by atoms with van der Waals surface area (Å²) < 4.78 is 37.8. The third-order valence-electron chi connectivity index (χ3n) is 3.17. The van der Waals surface area contributed by atoms with Crippen molar-refractivity contribution in [2.45, 2.75) is 24.3 Å². The number of amides is 2. The summed E-state index contributed by atoms with van der Waals surface area (Å²) in [6.45, 7) is 3.11. The van der Waals surface area contributed by atoms with Crippen LogP contribution in [0, 0.1) is 6.92 Å². The minimum Gasteiger partial charge on any atom is -0.326 e. The molecule has 4 nitrogen and oxygen atoms in total. The SMILES string of the molecule is CC(=O)Nc1cc(C(=O)Nc2ccccc2SC(F)(F)F)ccc1C. The van der Waals surface area contributed by atoms with Gasteiger partial charge in [-0.2, -0.15) is 13.2 Å². The quantitative estimate of drug-likeness (QED) is 0.761. The Labute approximate surface area is 146 Å². The number of anilines is 2. The zero-order valence-electron chi connectivity index (χ0n) is 13.4. The molecule has 0 saturated heterocycles. The van der Waals surface area contributed by atoms with Crippen LogP contribution < -0.4 is 10.6 Å². The highest BCUT2D eigenvalue weighted by Gasteiger charge is 2.30. The summed E-state index contributed by atoms with van der Waals surface area (Å²) in [5.74, 6) is -0.852. The fraction of sp³-hybridized carbons (Fsp3) is 0.176. The summed E-state index contributed by atoms with van der Waals surface area (Å²) >= 11 is -0.293. The van der Waals surface area contributed by atoms with Crippen LogP contribution in [-0.4, -0.2) is 17.3 Å². The van der Waals surface area contributed by atoms with Gasteiger partial charge in [-0.25, -0.2) is 0 Å². The van der Waals surface area contributed by atoms with Crippen molar-refractivity contribution in [3.05, 3.63) is 53.6 Å². The first-order chi connectivity index (χ1) is 11.7. The normalized spacial score (nSPS) is 11.1. The van der Waals surface area contributed by atoms with E-state index in [-0.39, 0.29) is 33.8 Å². The van der Waals surface area contributed by atoms with Gasteiger partial charge in [0.15, 0.2) is 0 Å². The lowest BCUT2D eigenvalue weighted by atomic mass is 10.1. The van der Waals surface area contributed by atoms with Gasteiger partial charge in [0.25, 0.3) is 5.91 Å². The Morgan fingerprint density at radius 3 is 2.32 bits per heavy atom. The summed E-state index contributed by atoms with van der Waals surface area (Å²) in [6.07, 6.45) is 0. The van der Waals surface area contributed by atoms with Crippen LogP contribution in [0.15, 0.2) is 47.4 Å². The molecule has 0 fully saturated rings. The van der Waals surface area contributed by atoms with Crippen LogP contribution in [0.2, 0.25) is 0 Å². The average molecular weight is 368 g/mol. The molecule has 0 spiro atoms. The van der Waals surface area contributed by atoms with Crippen LogP contribution in [0.5, 0.6) is 0 Å². The summed E-state index contributed by atoms with van der Waals surface area (Å²) in [5.41, 5.74) is -2.93. The Hall–Kier alpha value is -2.48. The van der Waals surface area contributed by atoms with Crippen LogP contribution in [0.1, 0.15) is 22.8 Å². The zero-order valence-corrected chi connectivity index (χ0v) is 14.2. The Kier molecular flexibility index (Phi) is 5.73. The summed E-state index contributed by atoms with van der Waals surface area (Å²) in [7, 11) is 0. The molecule has 0 heterocycles. The molecule has 2 N–H and O–H groups in total. The highest BCUT2D eigenvalue weighted by molar-refractivity contribution is 8.00. The summed E-state index contributed by atoms with van der Waals surface area (Å²) in [4.78, 5) is 23.5. The van der Waals surface area contributed by atoms with Gasteiger partial charge in [-0.15, -0.1) is 0 Å². The van der Waals surface area contributed by atoms with Gasteiger partial charge in [-0.1, -0.05) is 18.2 Å². The molecule has 0 unspecified atom stereocenters. The molecule has 2 rings (SSSR count). The molecule has 25 heavy (non-hydrogen) atoms. The predicted molar refractivity (Wildman–Crippen MR) is 91.8 cm³/mol. The third kappa shape index (κ3) is 5.53. The average Bonchev–Trinajstić information content (AvgIpc) is 2.49. The third-order valence-corrected chi connectivity index (χ3v) is 3.98. The lowest BCUT2D eigenvalue weighted by molar-refractivity contribution is -0.114. The number of carbonyl (C=O) groups excluding carboxylic acids is 2. The second-order valence-electron chi connectivity index (χ2n) is 5.21. The maximum Gasteiger partial charge on any atom is 0.446 e. The molecule has 2 amide bonds. The first-order valence-electron chi connectivity index (χ1n) is 7.20. The first-order valence-corrected chi connectivity index (χ1v) is 8.02. The van der Waals surface area contributed by atoms with Crippen LogP contribution in [-0.2, 0) is 4.79 Å². The maximum absolute atomic E-state index is 12.6. The lowest BCUT2D eigenvalue weighted by Gasteiger charge is -2.13. The molecular weight excluding hydrogens is 353 g/mol. The molecular formula is C17H15F3N2O2S. The van der Waals surface area contributed by atoms with Crippen LogP contribution in [0.25, 0.3) is 0 Å². The van der Waals surface area contributed by atoms with E-state index in [1.165, 1.54) is 43.3 Å². The lowest BCUT2D eigenvalue weighted by Crippen LogP contribution is -2.14. The first kappa shape index (κ1) is 18.9. The van der Waals surface area contributed by atoms with E-state index < -0.39 is 11.4 Å². The van der Waals surface area contributed by atoms with E-state index in [2.05, 4.69) is 10.6 Å². The topological polar surface area (TPSA) is 58.2 Å². The fourth-order valence-corrected chi connectivity index (χ4v) is 2.69. The van der Waals surface area contributed by atoms with Crippen LogP contribution in [0.3, 0.4) is 0 Å². The fourth-order valence-electron chi connectivity index (χ4n) is 2.07. The summed E-state index contributed by atoms with van der Waals surface area (Å²) in [5, 5.41) is 5.08. The Balaban J connectivity index is 2.25. The van der Waals surface area contributed by atoms with Gasteiger partial charge in [0.2, 0.25) is 5.91 Å². The number of hydrogen-bond acceptors (Lipinski definition) is 3. The Bertz CT molecular complexity index is 807. The van der Waals surface area contributed by atoms with Crippen molar-refractivity contribution in [3.63, 3.8) is 0 Å². The van der Waals surface area contributed by atoms with E-state index >= 15 is 0 Å². The van der Waals surface area contributed by atoms with Crippen LogP contribution in [0.4, 0.5) is 24.5 Å². The number of alkyl halides is 3. The Morgan fingerprint density at radius 2 is 1.68 bits per heavy atom. The highest BCUT2D eigenvalue weighted by Crippen LogP contribution is 2.40. The minimum atomic E-state index is -4.46. The number of benzene rings is 2. The number of halogens is 3. The van der Waals surface area contributed by atoms with E-state index in [1.807, 2.05) is 0 Å². The van der Waals surface area contributed by atoms with Gasteiger partial charge in [0.1, 0.15) is 0 Å². The molecule has 0 radical (unpaired) electrons. The van der Waals surface area contributed by atoms with E-state index in [0.29, 0.717) is 5.69 Å². The zero-order chi connectivity index (χ0) is 18.6. The number of aryl methyl sites for hydroxylation is 1. The van der Waals surface area contributed by atoms with Gasteiger partial charge in [0.05, 0.1) is 5.69 Å². The van der Waals surface area contributed by atoms with Gasteiger partial charge in [-0.3, -0.25) is 9.59 Å². The number of nitrogens with one attached hydrogen (secondary N) is 2. The van der Waals surface area contributed by atoms with Gasteiger partial charge >= 0.3 is 5.51 Å². The van der Waals surface area contributed by atoms with Crippen molar-refractivity contribution >= 4 is 35.0 Å². The second-order valence-corrected chi connectivity index (χ2v) is 6.32. The van der Waals surface area contributed by atoms with Gasteiger partial charge in [-0.05, 0) is 48.5 Å². The molecule has 8 heteroatoms. The van der Waals surface area contributed by atoms with Crippen LogP contribution >= 0.6 is 11.8 Å². The van der Waals surface area contributed by atoms with E-state index in [0.717, 1.165) is 5.56 Å².